The Morgan fingerprint density at radius 1 is 1.38 bits per heavy atom. The molecule has 0 saturated heterocycles. The van der Waals surface area contributed by atoms with Gasteiger partial charge in [0.15, 0.2) is 5.03 Å². The van der Waals surface area contributed by atoms with Gasteiger partial charge in [-0.2, -0.15) is 5.10 Å². The number of aromatic nitrogens is 2. The van der Waals surface area contributed by atoms with Crippen molar-refractivity contribution >= 4 is 17.4 Å². The fourth-order valence-electron chi connectivity index (χ4n) is 1.23. The molecule has 0 bridgehead atoms. The number of thioether (sulfide) groups is 1. The highest BCUT2D eigenvalue weighted by Crippen LogP contribution is 2.28. The van der Waals surface area contributed by atoms with E-state index in [2.05, 4.69) is 10.2 Å². The topological polar surface area (TPSA) is 71.8 Å². The van der Waals surface area contributed by atoms with Crippen LogP contribution in [0.2, 0.25) is 0 Å². The first-order chi connectivity index (χ1) is 7.77. The van der Waals surface area contributed by atoms with Crippen LogP contribution in [-0.2, 0) is 5.75 Å². The second-order valence-corrected chi connectivity index (χ2v) is 4.10. The molecule has 0 aliphatic rings. The summed E-state index contributed by atoms with van der Waals surface area (Å²) in [5.41, 5.74) is 1.15. The third-order valence-electron chi connectivity index (χ3n) is 2.01. The number of aromatic amines is 1. The highest BCUT2D eigenvalue weighted by Gasteiger charge is 2.16. The van der Waals surface area contributed by atoms with Gasteiger partial charge >= 0.3 is 5.69 Å². The lowest BCUT2D eigenvalue weighted by molar-refractivity contribution is -0.387. The van der Waals surface area contributed by atoms with Crippen molar-refractivity contribution in [3.05, 3.63) is 52.2 Å². The van der Waals surface area contributed by atoms with Gasteiger partial charge in [-0.1, -0.05) is 42.1 Å². The Morgan fingerprint density at radius 2 is 2.12 bits per heavy atom. The van der Waals surface area contributed by atoms with Crippen molar-refractivity contribution < 1.29 is 4.92 Å². The maximum Gasteiger partial charge on any atom is 0.320 e. The molecule has 1 N–H and O–H groups in total. The highest BCUT2D eigenvalue weighted by atomic mass is 32.2. The number of nitrogens with one attached hydrogen (secondary N) is 1. The molecule has 1 heterocycles. The van der Waals surface area contributed by atoms with E-state index in [-0.39, 0.29) is 5.69 Å². The summed E-state index contributed by atoms with van der Waals surface area (Å²) in [6, 6.07) is 9.78. The minimum atomic E-state index is -0.434. The van der Waals surface area contributed by atoms with E-state index in [9.17, 15) is 10.1 Å². The average molecular weight is 235 g/mol. The zero-order valence-corrected chi connectivity index (χ0v) is 9.11. The summed E-state index contributed by atoms with van der Waals surface area (Å²) in [7, 11) is 0. The van der Waals surface area contributed by atoms with Crippen molar-refractivity contribution in [1.82, 2.24) is 10.2 Å². The molecular formula is C10H9N3O2S. The minimum Gasteiger partial charge on any atom is -0.265 e. The van der Waals surface area contributed by atoms with Crippen LogP contribution in [0.1, 0.15) is 5.56 Å². The van der Waals surface area contributed by atoms with E-state index < -0.39 is 4.92 Å². The Morgan fingerprint density at radius 3 is 2.81 bits per heavy atom. The van der Waals surface area contributed by atoms with E-state index in [0.29, 0.717) is 10.8 Å². The van der Waals surface area contributed by atoms with Crippen molar-refractivity contribution in [2.24, 2.45) is 0 Å². The predicted octanol–water partition coefficient (Wildman–Crippen LogP) is 2.61. The summed E-state index contributed by atoms with van der Waals surface area (Å²) >= 11 is 1.38. The summed E-state index contributed by atoms with van der Waals surface area (Å²) in [4.78, 5) is 10.2. The summed E-state index contributed by atoms with van der Waals surface area (Å²) in [5.74, 6) is 0.684. The van der Waals surface area contributed by atoms with Gasteiger partial charge in [0.2, 0.25) is 0 Å². The summed E-state index contributed by atoms with van der Waals surface area (Å²) < 4.78 is 0. The Labute approximate surface area is 96.0 Å². The largest absolute Gasteiger partial charge is 0.320 e. The molecule has 82 valence electrons. The third kappa shape index (κ3) is 2.40. The number of H-pyrrole nitrogens is 1. The third-order valence-corrected chi connectivity index (χ3v) is 3.08. The molecule has 0 radical (unpaired) electrons. The van der Waals surface area contributed by atoms with Crippen molar-refractivity contribution in [2.75, 3.05) is 0 Å². The van der Waals surface area contributed by atoms with Crippen LogP contribution in [-0.4, -0.2) is 15.1 Å². The predicted molar refractivity (Wildman–Crippen MR) is 61.2 cm³/mol. The van der Waals surface area contributed by atoms with Crippen molar-refractivity contribution in [3.63, 3.8) is 0 Å². The Balaban J connectivity index is 2.05. The van der Waals surface area contributed by atoms with Gasteiger partial charge in [0, 0.05) is 5.75 Å². The van der Waals surface area contributed by atoms with Crippen molar-refractivity contribution in [1.29, 1.82) is 0 Å². The van der Waals surface area contributed by atoms with Crippen LogP contribution in [0.3, 0.4) is 0 Å². The normalized spacial score (nSPS) is 10.2. The fraction of sp³-hybridized carbons (Fsp3) is 0.100. The quantitative estimate of drug-likeness (QED) is 0.502. The van der Waals surface area contributed by atoms with Gasteiger partial charge in [0.05, 0.1) is 4.92 Å². The van der Waals surface area contributed by atoms with Crippen LogP contribution >= 0.6 is 11.8 Å². The fourth-order valence-corrected chi connectivity index (χ4v) is 2.13. The number of hydrogen-bond acceptors (Lipinski definition) is 4. The molecule has 6 heteroatoms. The molecule has 5 nitrogen and oxygen atoms in total. The Kier molecular flexibility index (Phi) is 3.21. The number of nitro groups is 1. The van der Waals surface area contributed by atoms with E-state index in [1.54, 1.807) is 0 Å². The highest BCUT2D eigenvalue weighted by molar-refractivity contribution is 7.98. The molecule has 0 aliphatic heterocycles. The monoisotopic (exact) mass is 235 g/mol. The van der Waals surface area contributed by atoms with Gasteiger partial charge in [0.1, 0.15) is 6.20 Å². The second kappa shape index (κ2) is 4.80. The maximum absolute atomic E-state index is 10.6. The lowest BCUT2D eigenvalue weighted by Crippen LogP contribution is -1.88. The van der Waals surface area contributed by atoms with Gasteiger partial charge in [0.25, 0.3) is 0 Å². The Bertz CT molecular complexity index is 484. The van der Waals surface area contributed by atoms with E-state index in [1.165, 1.54) is 18.0 Å². The van der Waals surface area contributed by atoms with E-state index in [0.717, 1.165) is 5.56 Å². The number of hydrogen-bond donors (Lipinski definition) is 1. The zero-order valence-electron chi connectivity index (χ0n) is 8.29. The van der Waals surface area contributed by atoms with Gasteiger partial charge in [-0.05, 0) is 5.56 Å². The molecule has 0 saturated carbocycles. The lowest BCUT2D eigenvalue weighted by Gasteiger charge is -1.98. The molecule has 0 aliphatic carbocycles. The van der Waals surface area contributed by atoms with Crippen LogP contribution in [0.15, 0.2) is 41.6 Å². The average Bonchev–Trinajstić information content (AvgIpc) is 2.76. The van der Waals surface area contributed by atoms with E-state index in [4.69, 9.17) is 0 Å². The molecule has 0 amide bonds. The standard InChI is InChI=1S/C10H9N3O2S/c14-13(15)9-6-11-12-10(9)16-7-8-4-2-1-3-5-8/h1-6H,7H2,(H,11,12). The molecule has 2 rings (SSSR count). The summed E-state index contributed by atoms with van der Waals surface area (Å²) in [6.45, 7) is 0. The van der Waals surface area contributed by atoms with Crippen LogP contribution in [0.4, 0.5) is 5.69 Å². The van der Waals surface area contributed by atoms with Gasteiger partial charge < -0.3 is 0 Å². The number of nitrogens with zero attached hydrogens (tertiary/aromatic N) is 2. The summed E-state index contributed by atoms with van der Waals surface area (Å²) in [5, 5.41) is 17.4. The number of benzene rings is 1. The van der Waals surface area contributed by atoms with Crippen LogP contribution in [0.25, 0.3) is 0 Å². The van der Waals surface area contributed by atoms with E-state index in [1.807, 2.05) is 30.3 Å². The van der Waals surface area contributed by atoms with Crippen LogP contribution in [0.5, 0.6) is 0 Å². The van der Waals surface area contributed by atoms with Gasteiger partial charge in [-0.15, -0.1) is 0 Å². The molecular weight excluding hydrogens is 226 g/mol. The Hall–Kier alpha value is -1.82. The molecule has 1 aromatic carbocycles. The molecule has 0 unspecified atom stereocenters. The summed E-state index contributed by atoms with van der Waals surface area (Å²) in [6.07, 6.45) is 1.23. The zero-order chi connectivity index (χ0) is 11.4. The molecule has 0 spiro atoms. The first kappa shape index (κ1) is 10.7. The van der Waals surface area contributed by atoms with Crippen molar-refractivity contribution in [3.8, 4) is 0 Å². The molecule has 1 aromatic heterocycles. The lowest BCUT2D eigenvalue weighted by atomic mass is 10.2. The maximum atomic E-state index is 10.6. The van der Waals surface area contributed by atoms with E-state index >= 15 is 0 Å². The smallest absolute Gasteiger partial charge is 0.265 e. The molecule has 0 atom stereocenters. The van der Waals surface area contributed by atoms with Crippen LogP contribution < -0.4 is 0 Å². The van der Waals surface area contributed by atoms with Crippen LogP contribution in [0, 0.1) is 10.1 Å². The number of rotatable bonds is 4. The second-order valence-electron chi connectivity index (χ2n) is 3.12. The SMILES string of the molecule is O=[N+]([O-])c1cn[nH]c1SCc1ccccc1. The molecule has 16 heavy (non-hydrogen) atoms. The van der Waals surface area contributed by atoms with Gasteiger partial charge in [-0.25, -0.2) is 0 Å². The first-order valence-corrected chi connectivity index (χ1v) is 5.60. The van der Waals surface area contributed by atoms with Crippen molar-refractivity contribution in [2.45, 2.75) is 10.8 Å². The molecule has 2 aromatic rings. The van der Waals surface area contributed by atoms with Gasteiger partial charge in [-0.3, -0.25) is 15.2 Å². The first-order valence-electron chi connectivity index (χ1n) is 4.62. The minimum absolute atomic E-state index is 0.0286. The molecule has 0 fully saturated rings.